The number of benzene rings is 3. The summed E-state index contributed by atoms with van der Waals surface area (Å²) in [6.45, 7) is 4.59. The number of hydrogen-bond acceptors (Lipinski definition) is 0. The summed E-state index contributed by atoms with van der Waals surface area (Å²) in [5.41, 5.74) is 5.15. The molecule has 1 saturated carbocycles. The lowest BCUT2D eigenvalue weighted by atomic mass is 9.78. The molecule has 0 atom stereocenters. The first-order chi connectivity index (χ1) is 15.2. The Morgan fingerprint density at radius 1 is 0.710 bits per heavy atom. The lowest BCUT2D eigenvalue weighted by Gasteiger charge is -2.28. The highest BCUT2D eigenvalue weighted by atomic mass is 14.3. The number of aryl methyl sites for hydroxylation is 1. The monoisotopic (exact) mass is 408 g/mol. The van der Waals surface area contributed by atoms with Gasteiger partial charge in [0.25, 0.3) is 0 Å². The van der Waals surface area contributed by atoms with E-state index in [1.165, 1.54) is 79.7 Å². The second-order valence-electron chi connectivity index (χ2n) is 9.35. The van der Waals surface area contributed by atoms with Crippen LogP contribution in [-0.4, -0.2) is 0 Å². The molecule has 0 nitrogen and oxygen atoms in total. The lowest BCUT2D eigenvalue weighted by molar-refractivity contribution is 0.319. The zero-order chi connectivity index (χ0) is 21.5. The summed E-state index contributed by atoms with van der Waals surface area (Å²) < 4.78 is 0. The van der Waals surface area contributed by atoms with E-state index in [4.69, 9.17) is 0 Å². The van der Waals surface area contributed by atoms with Crippen LogP contribution in [-0.2, 0) is 6.42 Å². The van der Waals surface area contributed by atoms with Crippen LogP contribution in [0.5, 0.6) is 0 Å². The van der Waals surface area contributed by atoms with Crippen LogP contribution in [0.1, 0.15) is 93.4 Å². The van der Waals surface area contributed by atoms with Gasteiger partial charge in [0.2, 0.25) is 0 Å². The van der Waals surface area contributed by atoms with Crippen LogP contribution in [0.2, 0.25) is 0 Å². The minimum absolute atomic E-state index is 0.747. The molecular formula is C31H36. The Kier molecular flexibility index (Phi) is 7.48. The van der Waals surface area contributed by atoms with Gasteiger partial charge >= 0.3 is 0 Å². The largest absolute Gasteiger partial charge is 0.0654 e. The van der Waals surface area contributed by atoms with Gasteiger partial charge < -0.3 is 0 Å². The molecule has 0 amide bonds. The standard InChI is InChI=1S/C31H36/c1-3-5-6-7-26-14-20-31-23-27(15-21-30(31)22-26)9-8-25-12-18-29(19-13-25)28-16-10-24(4-2)11-17-28/h12-15,18-24,28H,3-7,10-11,16-17H2,1-2H3/t24-,28-. The molecule has 0 unspecified atom stereocenters. The van der Waals surface area contributed by atoms with Crippen molar-refractivity contribution in [3.63, 3.8) is 0 Å². The van der Waals surface area contributed by atoms with Crippen LogP contribution in [0.3, 0.4) is 0 Å². The highest BCUT2D eigenvalue weighted by molar-refractivity contribution is 5.84. The first-order valence-electron chi connectivity index (χ1n) is 12.4. The van der Waals surface area contributed by atoms with Gasteiger partial charge in [0, 0.05) is 11.1 Å². The highest BCUT2D eigenvalue weighted by Gasteiger charge is 2.20. The highest BCUT2D eigenvalue weighted by Crippen LogP contribution is 2.36. The van der Waals surface area contributed by atoms with E-state index >= 15 is 0 Å². The zero-order valence-corrected chi connectivity index (χ0v) is 19.3. The number of hydrogen-bond donors (Lipinski definition) is 0. The topological polar surface area (TPSA) is 0 Å². The molecule has 3 aromatic carbocycles. The van der Waals surface area contributed by atoms with Crippen molar-refractivity contribution in [3.8, 4) is 11.8 Å². The van der Waals surface area contributed by atoms with Crippen molar-refractivity contribution in [2.45, 2.75) is 77.6 Å². The van der Waals surface area contributed by atoms with E-state index in [2.05, 4.69) is 86.4 Å². The average molecular weight is 409 g/mol. The molecule has 3 aromatic rings. The van der Waals surface area contributed by atoms with Crippen molar-refractivity contribution < 1.29 is 0 Å². The molecule has 1 aliphatic rings. The second-order valence-corrected chi connectivity index (χ2v) is 9.35. The van der Waals surface area contributed by atoms with Gasteiger partial charge in [-0.1, -0.05) is 81.3 Å². The number of rotatable bonds is 6. The summed E-state index contributed by atoms with van der Waals surface area (Å²) in [6, 6.07) is 22.5. The lowest BCUT2D eigenvalue weighted by Crippen LogP contribution is -2.12. The molecule has 4 rings (SSSR count). The van der Waals surface area contributed by atoms with E-state index < -0.39 is 0 Å². The fourth-order valence-electron chi connectivity index (χ4n) is 4.99. The number of unbranched alkanes of at least 4 members (excludes halogenated alkanes) is 2. The summed E-state index contributed by atoms with van der Waals surface area (Å²) >= 11 is 0. The molecule has 0 N–H and O–H groups in total. The molecule has 1 fully saturated rings. The fraction of sp³-hybridized carbons (Fsp3) is 0.419. The molecule has 0 heterocycles. The van der Waals surface area contributed by atoms with Crippen molar-refractivity contribution in [2.75, 3.05) is 0 Å². The number of fused-ring (bicyclic) bond motifs is 1. The van der Waals surface area contributed by atoms with Crippen molar-refractivity contribution in [1.82, 2.24) is 0 Å². The van der Waals surface area contributed by atoms with Crippen LogP contribution >= 0.6 is 0 Å². The molecule has 0 aromatic heterocycles. The molecule has 0 heteroatoms. The molecule has 0 radical (unpaired) electrons. The van der Waals surface area contributed by atoms with Gasteiger partial charge in [-0.25, -0.2) is 0 Å². The van der Waals surface area contributed by atoms with Crippen molar-refractivity contribution >= 4 is 10.8 Å². The Balaban J connectivity index is 1.41. The van der Waals surface area contributed by atoms with Gasteiger partial charge in [0.1, 0.15) is 0 Å². The molecule has 0 aliphatic heterocycles. The maximum Gasteiger partial charge on any atom is 0.0255 e. The Morgan fingerprint density at radius 3 is 2.13 bits per heavy atom. The average Bonchev–Trinajstić information content (AvgIpc) is 2.83. The van der Waals surface area contributed by atoms with E-state index in [-0.39, 0.29) is 0 Å². The minimum Gasteiger partial charge on any atom is -0.0654 e. The summed E-state index contributed by atoms with van der Waals surface area (Å²) in [7, 11) is 0. The fourth-order valence-corrected chi connectivity index (χ4v) is 4.99. The van der Waals surface area contributed by atoms with Crippen LogP contribution in [0, 0.1) is 17.8 Å². The van der Waals surface area contributed by atoms with Gasteiger partial charge in [0.05, 0.1) is 0 Å². The normalized spacial score (nSPS) is 18.5. The smallest absolute Gasteiger partial charge is 0.0255 e. The molecular weight excluding hydrogens is 372 g/mol. The quantitative estimate of drug-likeness (QED) is 0.283. The van der Waals surface area contributed by atoms with Crippen molar-refractivity contribution in [2.24, 2.45) is 5.92 Å². The molecule has 31 heavy (non-hydrogen) atoms. The Bertz CT molecular complexity index is 1040. The third kappa shape index (κ3) is 5.80. The Hall–Kier alpha value is -2.52. The first-order valence-corrected chi connectivity index (χ1v) is 12.4. The maximum absolute atomic E-state index is 3.37. The van der Waals surface area contributed by atoms with Gasteiger partial charge in [-0.05, 0) is 96.5 Å². The third-order valence-corrected chi connectivity index (χ3v) is 7.13. The van der Waals surface area contributed by atoms with Gasteiger partial charge in [0.15, 0.2) is 0 Å². The Morgan fingerprint density at radius 2 is 1.39 bits per heavy atom. The summed E-state index contributed by atoms with van der Waals surface area (Å²) in [5.74, 6) is 8.44. The molecule has 0 saturated heterocycles. The molecule has 160 valence electrons. The molecule has 0 spiro atoms. The van der Waals surface area contributed by atoms with E-state index in [0.29, 0.717) is 0 Å². The van der Waals surface area contributed by atoms with Crippen molar-refractivity contribution in [1.29, 1.82) is 0 Å². The third-order valence-electron chi connectivity index (χ3n) is 7.13. The van der Waals surface area contributed by atoms with Crippen LogP contribution in [0.25, 0.3) is 10.8 Å². The molecule has 0 bridgehead atoms. The predicted octanol–water partition coefficient (Wildman–Crippen LogP) is 8.66. The summed E-state index contributed by atoms with van der Waals surface area (Å²) in [4.78, 5) is 0. The van der Waals surface area contributed by atoms with E-state index in [9.17, 15) is 0 Å². The SMILES string of the molecule is CCCCCc1ccc2cc(C#Cc3ccc([C@H]4CC[C@H](CC)CC4)cc3)ccc2c1. The second kappa shape index (κ2) is 10.7. The van der Waals surface area contributed by atoms with E-state index in [1.54, 1.807) is 0 Å². The van der Waals surface area contributed by atoms with E-state index in [1.807, 2.05) is 0 Å². The summed E-state index contributed by atoms with van der Waals surface area (Å²) in [6.07, 6.45) is 11.9. The van der Waals surface area contributed by atoms with Crippen LogP contribution in [0.4, 0.5) is 0 Å². The van der Waals surface area contributed by atoms with Crippen LogP contribution < -0.4 is 0 Å². The van der Waals surface area contributed by atoms with E-state index in [0.717, 1.165) is 23.0 Å². The van der Waals surface area contributed by atoms with Crippen LogP contribution in [0.15, 0.2) is 60.7 Å². The van der Waals surface area contributed by atoms with Gasteiger partial charge in [-0.3, -0.25) is 0 Å². The molecule has 1 aliphatic carbocycles. The maximum atomic E-state index is 3.37. The van der Waals surface area contributed by atoms with Gasteiger partial charge in [-0.15, -0.1) is 0 Å². The Labute approximate surface area is 189 Å². The minimum atomic E-state index is 0.747. The van der Waals surface area contributed by atoms with Crippen molar-refractivity contribution in [3.05, 3.63) is 82.9 Å². The predicted molar refractivity (Wildman–Crippen MR) is 135 cm³/mol. The van der Waals surface area contributed by atoms with Gasteiger partial charge in [-0.2, -0.15) is 0 Å². The zero-order valence-electron chi connectivity index (χ0n) is 19.3. The first kappa shape index (κ1) is 21.7. The summed E-state index contributed by atoms with van der Waals surface area (Å²) in [5, 5.41) is 2.60.